The molecule has 0 spiro atoms. The molecule has 1 heterocycles. The Bertz CT molecular complexity index is 782. The van der Waals surface area contributed by atoms with E-state index >= 15 is 0 Å². The number of carbonyl (C=O) groups excluding carboxylic acids is 1. The first-order valence-electron chi connectivity index (χ1n) is 6.26. The van der Waals surface area contributed by atoms with E-state index in [1.807, 2.05) is 30.3 Å². The summed E-state index contributed by atoms with van der Waals surface area (Å²) in [4.78, 5) is 11.3. The second-order valence-corrected chi connectivity index (χ2v) is 4.78. The summed E-state index contributed by atoms with van der Waals surface area (Å²) in [6.45, 7) is 0. The minimum atomic E-state index is -0.347. The number of benzene rings is 2. The van der Waals surface area contributed by atoms with Gasteiger partial charge in [-0.25, -0.2) is 9.07 Å². The van der Waals surface area contributed by atoms with E-state index < -0.39 is 0 Å². The summed E-state index contributed by atoms with van der Waals surface area (Å²) in [5.74, 6) is -0.347. The van der Waals surface area contributed by atoms with E-state index in [-0.39, 0.29) is 16.5 Å². The number of hydrogen-bond acceptors (Lipinski definition) is 2. The molecule has 0 unspecified atom stereocenters. The van der Waals surface area contributed by atoms with Crippen LogP contribution in [0.1, 0.15) is 10.4 Å². The van der Waals surface area contributed by atoms with Crippen LogP contribution >= 0.6 is 11.6 Å². The third-order valence-corrected chi connectivity index (χ3v) is 3.46. The zero-order valence-electron chi connectivity index (χ0n) is 10.8. The van der Waals surface area contributed by atoms with Gasteiger partial charge in [0, 0.05) is 5.56 Å². The Labute approximate surface area is 125 Å². The van der Waals surface area contributed by atoms with E-state index in [0.29, 0.717) is 17.5 Å². The normalized spacial score (nSPS) is 10.6. The first kappa shape index (κ1) is 13.5. The summed E-state index contributed by atoms with van der Waals surface area (Å²) in [5.41, 5.74) is 2.10. The Kier molecular flexibility index (Phi) is 3.54. The monoisotopic (exact) mass is 300 g/mol. The Balaban J connectivity index is 2.18. The van der Waals surface area contributed by atoms with E-state index in [2.05, 4.69) is 5.10 Å². The molecule has 0 saturated carbocycles. The minimum Gasteiger partial charge on any atom is -0.298 e. The van der Waals surface area contributed by atoms with Crippen molar-refractivity contribution in [2.45, 2.75) is 0 Å². The maximum atomic E-state index is 13.0. The van der Waals surface area contributed by atoms with E-state index in [9.17, 15) is 9.18 Å². The zero-order chi connectivity index (χ0) is 14.8. The van der Waals surface area contributed by atoms with E-state index in [0.717, 1.165) is 5.69 Å². The van der Waals surface area contributed by atoms with Crippen LogP contribution in [0.3, 0.4) is 0 Å². The molecule has 1 aromatic heterocycles. The first-order valence-corrected chi connectivity index (χ1v) is 6.63. The molecule has 0 N–H and O–H groups in total. The van der Waals surface area contributed by atoms with Crippen molar-refractivity contribution in [3.05, 3.63) is 71.1 Å². The molecule has 0 aliphatic carbocycles. The molecule has 0 amide bonds. The number of aromatic nitrogens is 2. The number of aldehydes is 1. The van der Waals surface area contributed by atoms with Crippen molar-refractivity contribution in [3.8, 4) is 16.9 Å². The SMILES string of the molecule is O=Cc1c(-c2ccc(F)cc2)nn(-c2ccccc2)c1Cl. The molecule has 104 valence electrons. The van der Waals surface area contributed by atoms with Gasteiger partial charge in [0.05, 0.1) is 11.3 Å². The largest absolute Gasteiger partial charge is 0.298 e. The average Bonchev–Trinajstić information content (AvgIpc) is 2.85. The van der Waals surface area contributed by atoms with Gasteiger partial charge < -0.3 is 0 Å². The maximum Gasteiger partial charge on any atom is 0.155 e. The molecular weight excluding hydrogens is 291 g/mol. The Morgan fingerprint density at radius 2 is 1.71 bits per heavy atom. The molecule has 0 aliphatic rings. The Morgan fingerprint density at radius 3 is 2.33 bits per heavy atom. The van der Waals surface area contributed by atoms with Crippen LogP contribution in [0, 0.1) is 5.82 Å². The Hall–Kier alpha value is -2.46. The molecule has 0 fully saturated rings. The fraction of sp³-hybridized carbons (Fsp3) is 0. The number of carbonyl (C=O) groups is 1. The van der Waals surface area contributed by atoms with Crippen LogP contribution in [0.4, 0.5) is 4.39 Å². The third kappa shape index (κ3) is 2.45. The molecular formula is C16H10ClFN2O. The highest BCUT2D eigenvalue weighted by atomic mass is 35.5. The van der Waals surface area contributed by atoms with Gasteiger partial charge in [-0.1, -0.05) is 29.8 Å². The molecule has 3 nitrogen and oxygen atoms in total. The predicted octanol–water partition coefficient (Wildman–Crippen LogP) is 4.14. The zero-order valence-corrected chi connectivity index (χ0v) is 11.6. The Morgan fingerprint density at radius 1 is 1.05 bits per heavy atom. The van der Waals surface area contributed by atoms with Crippen molar-refractivity contribution in [3.63, 3.8) is 0 Å². The van der Waals surface area contributed by atoms with Crippen molar-refractivity contribution in [2.24, 2.45) is 0 Å². The topological polar surface area (TPSA) is 34.9 Å². The molecule has 3 rings (SSSR count). The molecule has 5 heteroatoms. The fourth-order valence-corrected chi connectivity index (χ4v) is 2.34. The number of para-hydroxylation sites is 1. The number of nitrogens with zero attached hydrogens (tertiary/aromatic N) is 2. The lowest BCUT2D eigenvalue weighted by atomic mass is 10.1. The van der Waals surface area contributed by atoms with Gasteiger partial charge in [0.15, 0.2) is 6.29 Å². The van der Waals surface area contributed by atoms with Crippen molar-refractivity contribution < 1.29 is 9.18 Å². The highest BCUT2D eigenvalue weighted by Gasteiger charge is 2.18. The van der Waals surface area contributed by atoms with Crippen molar-refractivity contribution >= 4 is 17.9 Å². The lowest BCUT2D eigenvalue weighted by Crippen LogP contribution is -1.96. The molecule has 0 radical (unpaired) electrons. The molecule has 0 bridgehead atoms. The quantitative estimate of drug-likeness (QED) is 0.681. The summed E-state index contributed by atoms with van der Waals surface area (Å²) in [7, 11) is 0. The minimum absolute atomic E-state index is 0.232. The molecule has 3 aromatic rings. The van der Waals surface area contributed by atoms with Gasteiger partial charge in [0.1, 0.15) is 16.7 Å². The van der Waals surface area contributed by atoms with Crippen LogP contribution in [0.2, 0.25) is 5.15 Å². The van der Waals surface area contributed by atoms with E-state index in [1.54, 1.807) is 12.1 Å². The van der Waals surface area contributed by atoms with Gasteiger partial charge in [-0.3, -0.25) is 4.79 Å². The summed E-state index contributed by atoms with van der Waals surface area (Å²) in [5, 5.41) is 4.61. The number of rotatable bonds is 3. The van der Waals surface area contributed by atoms with Crippen molar-refractivity contribution in [2.75, 3.05) is 0 Å². The summed E-state index contributed by atoms with van der Waals surface area (Å²) >= 11 is 6.24. The lowest BCUT2D eigenvalue weighted by Gasteiger charge is -2.01. The van der Waals surface area contributed by atoms with Gasteiger partial charge in [-0.05, 0) is 36.4 Å². The second kappa shape index (κ2) is 5.50. The molecule has 0 aliphatic heterocycles. The van der Waals surface area contributed by atoms with Crippen LogP contribution in [0.25, 0.3) is 16.9 Å². The van der Waals surface area contributed by atoms with Crippen LogP contribution in [-0.4, -0.2) is 16.1 Å². The van der Waals surface area contributed by atoms with Gasteiger partial charge in [-0.2, -0.15) is 5.10 Å². The molecule has 2 aromatic carbocycles. The van der Waals surface area contributed by atoms with Crippen LogP contribution in [-0.2, 0) is 0 Å². The smallest absolute Gasteiger partial charge is 0.155 e. The van der Waals surface area contributed by atoms with Crippen molar-refractivity contribution in [1.29, 1.82) is 0 Å². The molecule has 0 atom stereocenters. The van der Waals surface area contributed by atoms with Crippen LogP contribution < -0.4 is 0 Å². The van der Waals surface area contributed by atoms with Gasteiger partial charge >= 0.3 is 0 Å². The van der Waals surface area contributed by atoms with Gasteiger partial charge in [0.2, 0.25) is 0 Å². The standard InChI is InChI=1S/C16H10ClFN2O/c17-16-14(10-21)15(11-6-8-12(18)9-7-11)19-20(16)13-4-2-1-3-5-13/h1-10H. The summed E-state index contributed by atoms with van der Waals surface area (Å²) in [6, 6.07) is 15.0. The highest BCUT2D eigenvalue weighted by molar-refractivity contribution is 6.32. The first-order chi connectivity index (χ1) is 10.2. The summed E-state index contributed by atoms with van der Waals surface area (Å²) < 4.78 is 14.5. The fourth-order valence-electron chi connectivity index (χ4n) is 2.08. The van der Waals surface area contributed by atoms with E-state index in [1.165, 1.54) is 16.8 Å². The average molecular weight is 301 g/mol. The van der Waals surface area contributed by atoms with Gasteiger partial charge in [-0.15, -0.1) is 0 Å². The third-order valence-electron chi connectivity index (χ3n) is 3.10. The van der Waals surface area contributed by atoms with Crippen LogP contribution in [0.15, 0.2) is 54.6 Å². The van der Waals surface area contributed by atoms with E-state index in [4.69, 9.17) is 11.6 Å². The van der Waals surface area contributed by atoms with Gasteiger partial charge in [0.25, 0.3) is 0 Å². The van der Waals surface area contributed by atoms with Crippen LogP contribution in [0.5, 0.6) is 0 Å². The molecule has 21 heavy (non-hydrogen) atoms. The lowest BCUT2D eigenvalue weighted by molar-refractivity contribution is 0.112. The number of hydrogen-bond donors (Lipinski definition) is 0. The summed E-state index contributed by atoms with van der Waals surface area (Å²) in [6.07, 6.45) is 0.660. The van der Waals surface area contributed by atoms with Crippen molar-refractivity contribution in [1.82, 2.24) is 9.78 Å². The highest BCUT2D eigenvalue weighted by Crippen LogP contribution is 2.29. The molecule has 0 saturated heterocycles. The second-order valence-electron chi connectivity index (χ2n) is 4.43. The number of halogens is 2. The predicted molar refractivity (Wildman–Crippen MR) is 79.4 cm³/mol. The maximum absolute atomic E-state index is 13.0.